The zero-order valence-corrected chi connectivity index (χ0v) is 20.2. The molecule has 0 heterocycles. The lowest BCUT2D eigenvalue weighted by Crippen LogP contribution is -2.49. The van der Waals surface area contributed by atoms with E-state index in [4.69, 9.17) is 27.9 Å². The van der Waals surface area contributed by atoms with Gasteiger partial charge in [-0.05, 0) is 47.2 Å². The maximum atomic E-state index is 13.1. The molecule has 0 radical (unpaired) electrons. The van der Waals surface area contributed by atoms with Crippen LogP contribution in [0.25, 0.3) is 0 Å². The summed E-state index contributed by atoms with van der Waals surface area (Å²) in [4.78, 5) is 27.0. The Labute approximate surface area is 194 Å². The molecule has 0 spiro atoms. The predicted molar refractivity (Wildman–Crippen MR) is 126 cm³/mol. The minimum atomic E-state index is -0.642. The van der Waals surface area contributed by atoms with Crippen molar-refractivity contribution in [2.45, 2.75) is 52.1 Å². The molecule has 0 aliphatic heterocycles. The fraction of sp³-hybridized carbons (Fsp3) is 0.417. The Morgan fingerprint density at radius 3 is 2.26 bits per heavy atom. The summed E-state index contributed by atoms with van der Waals surface area (Å²) in [6.07, 6.45) is 0.455. The zero-order chi connectivity index (χ0) is 23.2. The van der Waals surface area contributed by atoms with Crippen LogP contribution in [0.15, 0.2) is 42.5 Å². The summed E-state index contributed by atoms with van der Waals surface area (Å²) in [5.41, 5.74) is 1.91. The molecule has 0 fully saturated rings. The molecule has 0 bridgehead atoms. The zero-order valence-electron chi connectivity index (χ0n) is 18.7. The van der Waals surface area contributed by atoms with Crippen LogP contribution in [0, 0.1) is 0 Å². The van der Waals surface area contributed by atoms with Crippen molar-refractivity contribution in [3.8, 4) is 5.75 Å². The highest BCUT2D eigenvalue weighted by Crippen LogP contribution is 2.25. The molecule has 1 N–H and O–H groups in total. The van der Waals surface area contributed by atoms with Crippen LogP contribution in [0.1, 0.15) is 45.2 Å². The van der Waals surface area contributed by atoms with Gasteiger partial charge < -0.3 is 15.0 Å². The summed E-state index contributed by atoms with van der Waals surface area (Å²) < 4.78 is 5.73. The Kier molecular flexibility index (Phi) is 8.78. The van der Waals surface area contributed by atoms with Crippen molar-refractivity contribution in [2.75, 3.05) is 13.7 Å². The molecule has 2 amide bonds. The smallest absolute Gasteiger partial charge is 0.261 e. The Morgan fingerprint density at radius 1 is 1.10 bits per heavy atom. The number of hydrogen-bond donors (Lipinski definition) is 1. The van der Waals surface area contributed by atoms with E-state index in [1.807, 2.05) is 31.2 Å². The molecule has 1 unspecified atom stereocenters. The lowest BCUT2D eigenvalue weighted by Gasteiger charge is -2.30. The number of carbonyl (C=O) groups is 2. The van der Waals surface area contributed by atoms with Crippen molar-refractivity contribution < 1.29 is 14.3 Å². The van der Waals surface area contributed by atoms with E-state index in [-0.39, 0.29) is 30.4 Å². The van der Waals surface area contributed by atoms with Crippen LogP contribution in [0.3, 0.4) is 0 Å². The number of ether oxygens (including phenoxy) is 1. The summed E-state index contributed by atoms with van der Waals surface area (Å²) >= 11 is 12.3. The van der Waals surface area contributed by atoms with Gasteiger partial charge in [-0.3, -0.25) is 9.59 Å². The number of benzene rings is 2. The first kappa shape index (κ1) is 25.0. The fourth-order valence-corrected chi connectivity index (χ4v) is 3.67. The van der Waals surface area contributed by atoms with E-state index in [1.54, 1.807) is 25.2 Å². The molecule has 2 rings (SSSR count). The van der Waals surface area contributed by atoms with Crippen molar-refractivity contribution in [3.05, 3.63) is 63.6 Å². The van der Waals surface area contributed by atoms with Gasteiger partial charge in [0.2, 0.25) is 5.91 Å². The molecular formula is C24H30Cl2N2O3. The van der Waals surface area contributed by atoms with Crippen molar-refractivity contribution in [3.63, 3.8) is 0 Å². The van der Waals surface area contributed by atoms with Crippen LogP contribution in [0.2, 0.25) is 10.0 Å². The average Bonchev–Trinajstić information content (AvgIpc) is 2.72. The highest BCUT2D eigenvalue weighted by atomic mass is 35.5. The molecule has 0 aromatic heterocycles. The van der Waals surface area contributed by atoms with E-state index in [2.05, 4.69) is 26.1 Å². The molecule has 2 aromatic carbocycles. The number of nitrogens with one attached hydrogen (secondary N) is 1. The summed E-state index contributed by atoms with van der Waals surface area (Å²) in [6.45, 7) is 8.25. The SMILES string of the molecule is CCC(C(=O)NC)N(Cc1ccc(Cl)cc1Cl)C(=O)COc1ccc(C(C)(C)C)cc1. The lowest BCUT2D eigenvalue weighted by atomic mass is 9.87. The highest BCUT2D eigenvalue weighted by molar-refractivity contribution is 6.35. The number of hydrogen-bond acceptors (Lipinski definition) is 3. The molecule has 0 aliphatic carbocycles. The van der Waals surface area contributed by atoms with E-state index in [9.17, 15) is 9.59 Å². The Morgan fingerprint density at radius 2 is 1.74 bits per heavy atom. The molecule has 1 atom stereocenters. The first-order chi connectivity index (χ1) is 14.6. The first-order valence-corrected chi connectivity index (χ1v) is 11.0. The fourth-order valence-electron chi connectivity index (χ4n) is 3.20. The van der Waals surface area contributed by atoms with E-state index in [0.717, 1.165) is 0 Å². The van der Waals surface area contributed by atoms with E-state index < -0.39 is 6.04 Å². The molecule has 2 aromatic rings. The van der Waals surface area contributed by atoms with Crippen molar-refractivity contribution in [1.82, 2.24) is 10.2 Å². The maximum Gasteiger partial charge on any atom is 0.261 e. The van der Waals surface area contributed by atoms with Crippen molar-refractivity contribution >= 4 is 35.0 Å². The standard InChI is InChI=1S/C24H30Cl2N2O3/c1-6-21(23(30)27-5)28(14-16-7-10-18(25)13-20(16)26)22(29)15-31-19-11-8-17(9-12-19)24(2,3)4/h7-13,21H,6,14-15H2,1-5H3,(H,27,30). The van der Waals surface area contributed by atoms with Crippen LogP contribution >= 0.6 is 23.2 Å². The van der Waals surface area contributed by atoms with Gasteiger partial charge in [0.1, 0.15) is 11.8 Å². The van der Waals surface area contributed by atoms with Gasteiger partial charge >= 0.3 is 0 Å². The van der Waals surface area contributed by atoms with Gasteiger partial charge in [0, 0.05) is 23.6 Å². The summed E-state index contributed by atoms with van der Waals surface area (Å²) in [5.74, 6) is 0.0515. The third-order valence-electron chi connectivity index (χ3n) is 5.07. The van der Waals surface area contributed by atoms with Gasteiger partial charge in [0.15, 0.2) is 6.61 Å². The lowest BCUT2D eigenvalue weighted by molar-refractivity contribution is -0.142. The molecule has 0 saturated carbocycles. The Balaban J connectivity index is 2.20. The third kappa shape index (κ3) is 6.88. The number of rotatable bonds is 8. The van der Waals surface area contributed by atoms with Gasteiger partial charge in [-0.25, -0.2) is 0 Å². The number of halogens is 2. The van der Waals surface area contributed by atoms with E-state index >= 15 is 0 Å². The monoisotopic (exact) mass is 464 g/mol. The Hall–Kier alpha value is -2.24. The Bertz CT molecular complexity index is 908. The second-order valence-electron chi connectivity index (χ2n) is 8.36. The summed E-state index contributed by atoms with van der Waals surface area (Å²) in [6, 6.07) is 12.1. The first-order valence-electron chi connectivity index (χ1n) is 10.2. The number of carbonyl (C=O) groups excluding carboxylic acids is 2. The molecule has 5 nitrogen and oxygen atoms in total. The van der Waals surface area contributed by atoms with Crippen molar-refractivity contribution in [1.29, 1.82) is 0 Å². The van der Waals surface area contributed by atoms with Gasteiger partial charge in [0.05, 0.1) is 0 Å². The van der Waals surface area contributed by atoms with Gasteiger partial charge in [-0.2, -0.15) is 0 Å². The largest absolute Gasteiger partial charge is 0.484 e. The van der Waals surface area contributed by atoms with Gasteiger partial charge in [-0.1, -0.05) is 69.1 Å². The maximum absolute atomic E-state index is 13.1. The van der Waals surface area contributed by atoms with E-state index in [0.29, 0.717) is 27.8 Å². The minimum Gasteiger partial charge on any atom is -0.484 e. The van der Waals surface area contributed by atoms with Gasteiger partial charge in [-0.15, -0.1) is 0 Å². The minimum absolute atomic E-state index is 0.0326. The van der Waals surface area contributed by atoms with Crippen LogP contribution in [0.4, 0.5) is 0 Å². The number of nitrogens with zero attached hydrogens (tertiary/aromatic N) is 1. The normalized spacial score (nSPS) is 12.2. The molecule has 31 heavy (non-hydrogen) atoms. The molecule has 0 aliphatic rings. The topological polar surface area (TPSA) is 58.6 Å². The molecule has 168 valence electrons. The second-order valence-corrected chi connectivity index (χ2v) is 9.20. The van der Waals surface area contributed by atoms with Gasteiger partial charge in [0.25, 0.3) is 5.91 Å². The second kappa shape index (κ2) is 10.9. The van der Waals surface area contributed by atoms with Crippen LogP contribution in [-0.4, -0.2) is 36.4 Å². The molecule has 0 saturated heterocycles. The van der Waals surface area contributed by atoms with Crippen LogP contribution in [-0.2, 0) is 21.5 Å². The highest BCUT2D eigenvalue weighted by Gasteiger charge is 2.29. The van der Waals surface area contributed by atoms with E-state index in [1.165, 1.54) is 10.5 Å². The van der Waals surface area contributed by atoms with Crippen molar-refractivity contribution in [2.24, 2.45) is 0 Å². The van der Waals surface area contributed by atoms with Crippen LogP contribution < -0.4 is 10.1 Å². The molecular weight excluding hydrogens is 435 g/mol. The summed E-state index contributed by atoms with van der Waals surface area (Å²) in [7, 11) is 1.55. The third-order valence-corrected chi connectivity index (χ3v) is 5.66. The quantitative estimate of drug-likeness (QED) is 0.582. The predicted octanol–water partition coefficient (Wildman–Crippen LogP) is 5.22. The van der Waals surface area contributed by atoms with Crippen LogP contribution in [0.5, 0.6) is 5.75 Å². The molecule has 7 heteroatoms. The average molecular weight is 465 g/mol. The number of likely N-dealkylation sites (N-methyl/N-ethyl adjacent to an activating group) is 1. The number of amides is 2. The summed E-state index contributed by atoms with van der Waals surface area (Å²) in [5, 5.41) is 3.57.